The maximum Gasteiger partial charge on any atom is 0.307 e. The van der Waals surface area contributed by atoms with Crippen LogP contribution in [0.5, 0.6) is 0 Å². The Kier molecular flexibility index (Phi) is 5.42. The number of carbonyl (C=O) groups is 1. The first-order valence-electron chi connectivity index (χ1n) is 7.00. The molecule has 1 aromatic rings. The van der Waals surface area contributed by atoms with E-state index in [9.17, 15) is 14.9 Å². The molecular formula is C14H18N4O4. The summed E-state index contributed by atoms with van der Waals surface area (Å²) in [6, 6.07) is 6.08. The maximum absolute atomic E-state index is 11.0. The number of carboxylic acid groups (broad SMARTS) is 1. The molecule has 2 rings (SSSR count). The van der Waals surface area contributed by atoms with Gasteiger partial charge >= 0.3 is 5.97 Å². The average Bonchev–Trinajstić information content (AvgIpc) is 2.52. The highest BCUT2D eigenvalue weighted by Gasteiger charge is 2.26. The number of non-ortho nitro benzene ring substituents is 1. The van der Waals surface area contributed by atoms with Crippen molar-refractivity contribution < 1.29 is 14.8 Å². The van der Waals surface area contributed by atoms with E-state index >= 15 is 0 Å². The Labute approximate surface area is 127 Å². The quantitative estimate of drug-likeness (QED) is 0.407. The number of rotatable bonds is 6. The number of hydrogen-bond donors (Lipinski definition) is 3. The van der Waals surface area contributed by atoms with E-state index in [1.54, 1.807) is 18.3 Å². The Morgan fingerprint density at radius 3 is 2.82 bits per heavy atom. The Morgan fingerprint density at radius 2 is 2.18 bits per heavy atom. The highest BCUT2D eigenvalue weighted by atomic mass is 16.6. The minimum Gasteiger partial charge on any atom is -0.481 e. The number of nitrogens with one attached hydrogen (secondary N) is 2. The normalized spacial score (nSPS) is 21.6. The van der Waals surface area contributed by atoms with E-state index in [-0.39, 0.29) is 17.5 Å². The van der Waals surface area contributed by atoms with Crippen LogP contribution >= 0.6 is 0 Å². The summed E-state index contributed by atoms with van der Waals surface area (Å²) in [7, 11) is 0. The van der Waals surface area contributed by atoms with Gasteiger partial charge in [0, 0.05) is 25.2 Å². The summed E-state index contributed by atoms with van der Waals surface area (Å²) in [5, 5.41) is 26.7. The number of nitrogens with zero attached hydrogens (tertiary/aromatic N) is 2. The van der Waals surface area contributed by atoms with E-state index in [4.69, 9.17) is 5.11 Å². The molecule has 3 N–H and O–H groups in total. The second kappa shape index (κ2) is 7.51. The number of hydrogen-bond acceptors (Lipinski definition) is 6. The first-order valence-corrected chi connectivity index (χ1v) is 7.00. The topological polar surface area (TPSA) is 117 Å². The van der Waals surface area contributed by atoms with Crippen LogP contribution in [0.25, 0.3) is 0 Å². The molecule has 118 valence electrons. The van der Waals surface area contributed by atoms with Crippen LogP contribution in [-0.2, 0) is 4.79 Å². The second-order valence-corrected chi connectivity index (χ2v) is 5.26. The number of benzene rings is 1. The van der Waals surface area contributed by atoms with Crippen LogP contribution in [-0.4, -0.2) is 41.8 Å². The third-order valence-electron chi connectivity index (χ3n) is 3.58. The smallest absolute Gasteiger partial charge is 0.307 e. The van der Waals surface area contributed by atoms with Gasteiger partial charge in [-0.3, -0.25) is 14.9 Å². The van der Waals surface area contributed by atoms with Crippen LogP contribution in [0, 0.1) is 22.0 Å². The largest absolute Gasteiger partial charge is 0.481 e. The van der Waals surface area contributed by atoms with Crippen LogP contribution in [0.3, 0.4) is 0 Å². The molecule has 8 nitrogen and oxygen atoms in total. The summed E-state index contributed by atoms with van der Waals surface area (Å²) in [5.41, 5.74) is 3.70. The lowest BCUT2D eigenvalue weighted by molar-refractivity contribution is -0.384. The number of piperidine rings is 1. The van der Waals surface area contributed by atoms with Gasteiger partial charge in [-0.1, -0.05) is 0 Å². The van der Waals surface area contributed by atoms with Gasteiger partial charge in [0.15, 0.2) is 0 Å². The fourth-order valence-electron chi connectivity index (χ4n) is 2.36. The fourth-order valence-corrected chi connectivity index (χ4v) is 2.36. The van der Waals surface area contributed by atoms with Crippen molar-refractivity contribution in [1.29, 1.82) is 0 Å². The third-order valence-corrected chi connectivity index (χ3v) is 3.58. The fraction of sp³-hybridized carbons (Fsp3) is 0.429. The molecule has 1 saturated heterocycles. The lowest BCUT2D eigenvalue weighted by Gasteiger charge is -2.27. The molecule has 0 aromatic heterocycles. The highest BCUT2D eigenvalue weighted by Crippen LogP contribution is 2.16. The predicted molar refractivity (Wildman–Crippen MR) is 80.8 cm³/mol. The van der Waals surface area contributed by atoms with E-state index < -0.39 is 10.9 Å². The Bertz CT molecular complexity index is 558. The van der Waals surface area contributed by atoms with E-state index in [0.717, 1.165) is 12.1 Å². The van der Waals surface area contributed by atoms with Gasteiger partial charge in [0.1, 0.15) is 0 Å². The summed E-state index contributed by atoms with van der Waals surface area (Å²) in [4.78, 5) is 21.0. The molecule has 0 spiro atoms. The maximum atomic E-state index is 11.0. The molecular weight excluding hydrogens is 288 g/mol. The Morgan fingerprint density at radius 1 is 1.45 bits per heavy atom. The minimum absolute atomic E-state index is 0.0399. The average molecular weight is 306 g/mol. The van der Waals surface area contributed by atoms with E-state index in [1.165, 1.54) is 12.1 Å². The molecule has 22 heavy (non-hydrogen) atoms. The molecule has 1 heterocycles. The van der Waals surface area contributed by atoms with Gasteiger partial charge in [-0.25, -0.2) is 0 Å². The molecule has 1 aliphatic heterocycles. The van der Waals surface area contributed by atoms with Crippen LogP contribution < -0.4 is 10.7 Å². The number of carboxylic acids is 1. The van der Waals surface area contributed by atoms with Crippen molar-refractivity contribution in [3.8, 4) is 0 Å². The van der Waals surface area contributed by atoms with E-state index in [1.807, 2.05) is 0 Å². The summed E-state index contributed by atoms with van der Waals surface area (Å²) >= 11 is 0. The zero-order valence-electron chi connectivity index (χ0n) is 11.9. The minimum atomic E-state index is -0.772. The Hall–Kier alpha value is -2.48. The SMILES string of the molecule is O=C(O)[C@H]1CNC[C@@H](CN/N=C/c2ccc([N+](=O)[O-])cc2)C1. The van der Waals surface area contributed by atoms with Gasteiger partial charge in [-0.15, -0.1) is 0 Å². The summed E-state index contributed by atoms with van der Waals surface area (Å²) < 4.78 is 0. The molecule has 0 amide bonds. The lowest BCUT2D eigenvalue weighted by atomic mass is 9.91. The number of nitro benzene ring substituents is 1. The predicted octanol–water partition coefficient (Wildman–Crippen LogP) is 0.829. The van der Waals surface area contributed by atoms with Gasteiger partial charge in [-0.2, -0.15) is 5.10 Å². The van der Waals surface area contributed by atoms with Gasteiger partial charge in [-0.05, 0) is 36.6 Å². The molecule has 1 aromatic carbocycles. The summed E-state index contributed by atoms with van der Waals surface area (Å²) in [6.07, 6.45) is 2.21. The lowest BCUT2D eigenvalue weighted by Crippen LogP contribution is -2.42. The molecule has 0 aliphatic carbocycles. The van der Waals surface area contributed by atoms with Crippen LogP contribution in [0.4, 0.5) is 5.69 Å². The second-order valence-electron chi connectivity index (χ2n) is 5.26. The highest BCUT2D eigenvalue weighted by molar-refractivity contribution is 5.79. The van der Waals surface area contributed by atoms with Crippen LogP contribution in [0.15, 0.2) is 29.4 Å². The van der Waals surface area contributed by atoms with E-state index in [2.05, 4.69) is 15.8 Å². The summed E-state index contributed by atoms with van der Waals surface area (Å²) in [5.74, 6) is -0.908. The zero-order valence-corrected chi connectivity index (χ0v) is 11.9. The standard InChI is InChI=1S/C14H18N4O4/c19-14(20)12-5-11(6-15-9-12)8-17-16-7-10-1-3-13(4-2-10)18(21)22/h1-4,7,11-12,15,17H,5-6,8-9H2,(H,19,20)/b16-7+/t11-,12+/m0/s1. The van der Waals surface area contributed by atoms with Gasteiger partial charge < -0.3 is 15.8 Å². The van der Waals surface area contributed by atoms with Gasteiger partial charge in [0.05, 0.1) is 17.1 Å². The van der Waals surface area contributed by atoms with Crippen molar-refractivity contribution in [2.45, 2.75) is 6.42 Å². The monoisotopic (exact) mass is 306 g/mol. The van der Waals surface area contributed by atoms with E-state index in [0.29, 0.717) is 19.5 Å². The molecule has 1 aliphatic rings. The molecule has 0 bridgehead atoms. The first kappa shape index (κ1) is 15.9. The van der Waals surface area contributed by atoms with Crippen molar-refractivity contribution in [3.63, 3.8) is 0 Å². The van der Waals surface area contributed by atoms with Gasteiger partial charge in [0.25, 0.3) is 5.69 Å². The molecule has 0 saturated carbocycles. The van der Waals surface area contributed by atoms with Crippen LogP contribution in [0.1, 0.15) is 12.0 Å². The van der Waals surface area contributed by atoms with Crippen molar-refractivity contribution in [1.82, 2.24) is 10.7 Å². The molecule has 8 heteroatoms. The number of aliphatic carboxylic acids is 1. The van der Waals surface area contributed by atoms with Crippen LogP contribution in [0.2, 0.25) is 0 Å². The van der Waals surface area contributed by atoms with Crippen molar-refractivity contribution >= 4 is 17.9 Å². The zero-order chi connectivity index (χ0) is 15.9. The summed E-state index contributed by atoms with van der Waals surface area (Å²) in [6.45, 7) is 1.86. The third kappa shape index (κ3) is 4.52. The molecule has 2 atom stereocenters. The molecule has 0 radical (unpaired) electrons. The van der Waals surface area contributed by atoms with Gasteiger partial charge in [0.2, 0.25) is 0 Å². The first-order chi connectivity index (χ1) is 10.6. The molecule has 0 unspecified atom stereocenters. The number of nitro groups is 1. The molecule has 1 fully saturated rings. The number of hydrazone groups is 1. The van der Waals surface area contributed by atoms with Crippen molar-refractivity contribution in [2.24, 2.45) is 16.9 Å². The van der Waals surface area contributed by atoms with Crippen molar-refractivity contribution in [3.05, 3.63) is 39.9 Å². The van der Waals surface area contributed by atoms with Crippen molar-refractivity contribution in [2.75, 3.05) is 19.6 Å². The Balaban J connectivity index is 1.78.